The molecule has 2 fully saturated rings. The number of nitrogens with two attached hydrogens (primary N) is 1. The van der Waals surface area contributed by atoms with Crippen LogP contribution in [0.2, 0.25) is 0 Å². The van der Waals surface area contributed by atoms with Crippen LogP contribution in [-0.4, -0.2) is 67.9 Å². The van der Waals surface area contributed by atoms with E-state index in [1.807, 2.05) is 85.1 Å². The molecule has 0 amide bonds. The highest BCUT2D eigenvalue weighted by Crippen LogP contribution is 2.36. The predicted octanol–water partition coefficient (Wildman–Crippen LogP) is 5.08. The predicted molar refractivity (Wildman–Crippen MR) is 157 cm³/mol. The lowest BCUT2D eigenvalue weighted by Gasteiger charge is -2.36. The van der Waals surface area contributed by atoms with Crippen molar-refractivity contribution < 1.29 is 14.4 Å². The van der Waals surface area contributed by atoms with Gasteiger partial charge in [-0.1, -0.05) is 18.2 Å². The van der Waals surface area contributed by atoms with E-state index in [1.54, 1.807) is 0 Å². The molecule has 4 aromatic rings. The number of piperidine rings is 1. The van der Waals surface area contributed by atoms with Crippen molar-refractivity contribution in [2.75, 3.05) is 31.9 Å². The van der Waals surface area contributed by atoms with Gasteiger partial charge in [0.2, 0.25) is 0 Å². The Hall–Kier alpha value is -4.02. The van der Waals surface area contributed by atoms with Crippen LogP contribution in [0.25, 0.3) is 22.3 Å². The number of para-hydroxylation sites is 1. The summed E-state index contributed by atoms with van der Waals surface area (Å²) in [6, 6.07) is 18.2. The molecule has 2 aliphatic rings. The molecule has 0 bridgehead atoms. The van der Waals surface area contributed by atoms with Crippen LogP contribution in [0, 0.1) is 5.41 Å². The SMILES string of the molecule is CC(C)(C)C(=O)ON1CCC(N2CCC(n3nc(-c4ccc(Oc5ccccc5)cc4)c4c(N)ncnc43)CC2)C1. The summed E-state index contributed by atoms with van der Waals surface area (Å²) in [5.41, 5.74) is 8.34. The number of nitrogen functional groups attached to an aromatic ring is 1. The van der Waals surface area contributed by atoms with E-state index in [2.05, 4.69) is 14.9 Å². The zero-order valence-electron chi connectivity index (χ0n) is 23.9. The van der Waals surface area contributed by atoms with Crippen LogP contribution in [0.3, 0.4) is 0 Å². The van der Waals surface area contributed by atoms with Gasteiger partial charge >= 0.3 is 5.97 Å². The molecule has 0 saturated carbocycles. The molecule has 0 aliphatic carbocycles. The summed E-state index contributed by atoms with van der Waals surface area (Å²) in [6.07, 6.45) is 4.40. The molecule has 10 nitrogen and oxygen atoms in total. The third kappa shape index (κ3) is 5.75. The van der Waals surface area contributed by atoms with Gasteiger partial charge < -0.3 is 15.3 Å². The van der Waals surface area contributed by atoms with Gasteiger partial charge in [0.15, 0.2) is 5.65 Å². The van der Waals surface area contributed by atoms with Crippen LogP contribution in [-0.2, 0) is 9.63 Å². The number of carbonyl (C=O) groups excluding carboxylic acids is 1. The van der Waals surface area contributed by atoms with Crippen LogP contribution in [0.15, 0.2) is 60.9 Å². The Bertz CT molecular complexity index is 1510. The molecule has 1 atom stereocenters. The first-order valence-electron chi connectivity index (χ1n) is 14.3. The van der Waals surface area contributed by atoms with Crippen molar-refractivity contribution in [2.45, 2.75) is 52.1 Å². The zero-order chi connectivity index (χ0) is 28.6. The molecule has 2 saturated heterocycles. The highest BCUT2D eigenvalue weighted by molar-refractivity contribution is 5.98. The zero-order valence-corrected chi connectivity index (χ0v) is 23.9. The molecule has 41 heavy (non-hydrogen) atoms. The number of aromatic nitrogens is 4. The number of carbonyl (C=O) groups is 1. The second-order valence-corrected chi connectivity index (χ2v) is 11.9. The Kier molecular flexibility index (Phi) is 7.35. The van der Waals surface area contributed by atoms with E-state index in [-0.39, 0.29) is 12.0 Å². The minimum atomic E-state index is -0.507. The van der Waals surface area contributed by atoms with Crippen LogP contribution < -0.4 is 10.5 Å². The number of hydroxylamine groups is 2. The Morgan fingerprint density at radius 2 is 1.59 bits per heavy atom. The second kappa shape index (κ2) is 11.1. The molecular formula is C31H37N7O3. The number of fused-ring (bicyclic) bond motifs is 1. The van der Waals surface area contributed by atoms with Crippen LogP contribution in [0.5, 0.6) is 11.5 Å². The molecule has 2 aromatic heterocycles. The number of hydrogen-bond acceptors (Lipinski definition) is 9. The van der Waals surface area contributed by atoms with E-state index in [0.29, 0.717) is 11.9 Å². The molecule has 0 radical (unpaired) electrons. The first-order valence-corrected chi connectivity index (χ1v) is 14.3. The molecule has 2 aliphatic heterocycles. The number of hydrogen-bond donors (Lipinski definition) is 1. The number of nitrogens with zero attached hydrogens (tertiary/aromatic N) is 6. The van der Waals surface area contributed by atoms with Gasteiger partial charge in [-0.15, -0.1) is 5.06 Å². The second-order valence-electron chi connectivity index (χ2n) is 11.9. The van der Waals surface area contributed by atoms with E-state index < -0.39 is 5.41 Å². The largest absolute Gasteiger partial charge is 0.457 e. The smallest absolute Gasteiger partial charge is 0.330 e. The summed E-state index contributed by atoms with van der Waals surface area (Å²) in [6.45, 7) is 9.04. The van der Waals surface area contributed by atoms with Gasteiger partial charge in [-0.25, -0.2) is 19.4 Å². The third-order valence-corrected chi connectivity index (χ3v) is 7.94. The first-order chi connectivity index (χ1) is 19.8. The maximum atomic E-state index is 12.3. The van der Waals surface area contributed by atoms with Gasteiger partial charge in [0.25, 0.3) is 0 Å². The fourth-order valence-electron chi connectivity index (χ4n) is 5.60. The topological polar surface area (TPSA) is 112 Å². The van der Waals surface area contributed by atoms with Crippen molar-refractivity contribution in [3.05, 3.63) is 60.9 Å². The fraction of sp³-hybridized carbons (Fsp3) is 0.419. The minimum absolute atomic E-state index is 0.183. The van der Waals surface area contributed by atoms with Crippen molar-refractivity contribution in [2.24, 2.45) is 5.41 Å². The van der Waals surface area contributed by atoms with Crippen LogP contribution in [0.1, 0.15) is 46.1 Å². The first kappa shape index (κ1) is 27.2. The monoisotopic (exact) mass is 555 g/mol. The Morgan fingerprint density at radius 1 is 0.902 bits per heavy atom. The number of rotatable bonds is 6. The lowest BCUT2D eigenvalue weighted by molar-refractivity contribution is -0.196. The molecule has 10 heteroatoms. The summed E-state index contributed by atoms with van der Waals surface area (Å²) in [5.74, 6) is 1.78. The molecule has 2 aromatic carbocycles. The molecular weight excluding hydrogens is 518 g/mol. The maximum Gasteiger partial charge on any atom is 0.330 e. The third-order valence-electron chi connectivity index (χ3n) is 7.94. The van der Waals surface area contributed by atoms with Gasteiger partial charge in [-0.05, 0) is 76.4 Å². The van der Waals surface area contributed by atoms with Crippen molar-refractivity contribution in [1.29, 1.82) is 0 Å². The van der Waals surface area contributed by atoms with E-state index in [4.69, 9.17) is 20.4 Å². The molecule has 2 N–H and O–H groups in total. The van der Waals surface area contributed by atoms with Crippen LogP contribution in [0.4, 0.5) is 5.82 Å². The summed E-state index contributed by atoms with van der Waals surface area (Å²) < 4.78 is 8.01. The van der Waals surface area contributed by atoms with Gasteiger partial charge in [0.1, 0.15) is 29.3 Å². The number of likely N-dealkylation sites (tertiary alicyclic amines) is 1. The average molecular weight is 556 g/mol. The maximum absolute atomic E-state index is 12.3. The molecule has 4 heterocycles. The molecule has 6 rings (SSSR count). The average Bonchev–Trinajstić information content (AvgIpc) is 3.60. The quantitative estimate of drug-likeness (QED) is 0.348. The summed E-state index contributed by atoms with van der Waals surface area (Å²) in [4.78, 5) is 29.4. The molecule has 1 unspecified atom stereocenters. The van der Waals surface area contributed by atoms with Crippen molar-refractivity contribution >= 4 is 22.8 Å². The van der Waals surface area contributed by atoms with E-state index in [1.165, 1.54) is 6.33 Å². The lowest BCUT2D eigenvalue weighted by Crippen LogP contribution is -2.43. The Labute approximate surface area is 240 Å². The van der Waals surface area contributed by atoms with Crippen molar-refractivity contribution in [3.8, 4) is 22.8 Å². The van der Waals surface area contributed by atoms with Crippen LogP contribution >= 0.6 is 0 Å². The summed E-state index contributed by atoms with van der Waals surface area (Å²) in [7, 11) is 0. The van der Waals surface area contributed by atoms with E-state index in [0.717, 1.165) is 79.2 Å². The fourth-order valence-corrected chi connectivity index (χ4v) is 5.60. The number of benzene rings is 2. The Balaban J connectivity index is 1.15. The highest BCUT2D eigenvalue weighted by atomic mass is 16.7. The summed E-state index contributed by atoms with van der Waals surface area (Å²) in [5, 5.41) is 7.66. The van der Waals surface area contributed by atoms with Gasteiger partial charge in [-0.3, -0.25) is 4.90 Å². The standard InChI is InChI=1S/C31H37N7O3/c1-31(2,3)30(39)41-37-18-15-23(19-37)36-16-13-22(14-17-36)38-29-26(28(32)33-20-34-29)27(35-38)21-9-11-25(12-10-21)40-24-7-5-4-6-8-24/h4-12,20,22-23H,13-19H2,1-3H3,(H2,32,33,34). The minimum Gasteiger partial charge on any atom is -0.457 e. The van der Waals surface area contributed by atoms with Crippen molar-refractivity contribution in [1.82, 2.24) is 29.7 Å². The lowest BCUT2D eigenvalue weighted by atomic mass is 9.98. The van der Waals surface area contributed by atoms with Gasteiger partial charge in [0, 0.05) is 31.2 Å². The van der Waals surface area contributed by atoms with Gasteiger partial charge in [0.05, 0.1) is 23.4 Å². The molecule has 214 valence electrons. The number of ether oxygens (including phenoxy) is 1. The van der Waals surface area contributed by atoms with Gasteiger partial charge in [-0.2, -0.15) is 5.10 Å². The molecule has 0 spiro atoms. The number of anilines is 1. The van der Waals surface area contributed by atoms with E-state index in [9.17, 15) is 4.79 Å². The highest BCUT2D eigenvalue weighted by Gasteiger charge is 2.35. The Morgan fingerprint density at radius 3 is 2.29 bits per heavy atom. The normalized spacial score (nSPS) is 19.0. The summed E-state index contributed by atoms with van der Waals surface area (Å²) >= 11 is 0. The van der Waals surface area contributed by atoms with E-state index >= 15 is 0 Å². The van der Waals surface area contributed by atoms with Crippen molar-refractivity contribution in [3.63, 3.8) is 0 Å².